The molecule has 3 rings (SSSR count). The lowest BCUT2D eigenvalue weighted by molar-refractivity contribution is 0.102. The number of ether oxygens (including phenoxy) is 1. The van der Waals surface area contributed by atoms with Gasteiger partial charge in [0.05, 0.1) is 11.5 Å². The number of rotatable bonds is 7. The number of carbonyl (C=O) groups excluding carboxylic acids is 1. The first-order valence-corrected chi connectivity index (χ1v) is 10.4. The molecule has 3 aromatic rings. The van der Waals surface area contributed by atoms with E-state index in [1.807, 2.05) is 6.92 Å². The molecule has 0 spiro atoms. The van der Waals surface area contributed by atoms with Gasteiger partial charge in [-0.2, -0.15) is 0 Å². The fourth-order valence-corrected chi connectivity index (χ4v) is 3.48. The topological polar surface area (TPSA) is 110 Å². The lowest BCUT2D eigenvalue weighted by atomic mass is 10.2. The summed E-state index contributed by atoms with van der Waals surface area (Å²) < 4.78 is 32.5. The van der Waals surface area contributed by atoms with E-state index in [1.54, 1.807) is 24.3 Å². The molecule has 2 N–H and O–H groups in total. The molecule has 0 atom stereocenters. The van der Waals surface area contributed by atoms with Crippen molar-refractivity contribution in [3.8, 4) is 5.75 Å². The minimum absolute atomic E-state index is 0.00518. The Kier molecular flexibility index (Phi) is 6.30. The highest BCUT2D eigenvalue weighted by Crippen LogP contribution is 2.19. The molecule has 0 aliphatic carbocycles. The number of nitrogens with zero attached hydrogens (tertiary/aromatic N) is 2. The minimum atomic E-state index is -3.86. The molecule has 0 aliphatic heterocycles. The highest BCUT2D eigenvalue weighted by molar-refractivity contribution is 7.92. The summed E-state index contributed by atoms with van der Waals surface area (Å²) in [4.78, 5) is 12.4. The summed E-state index contributed by atoms with van der Waals surface area (Å²) >= 11 is 5.64. The number of amides is 1. The highest BCUT2D eigenvalue weighted by atomic mass is 35.5. The van der Waals surface area contributed by atoms with Crippen LogP contribution in [0.3, 0.4) is 0 Å². The molecule has 1 aromatic heterocycles. The van der Waals surface area contributed by atoms with Crippen LogP contribution in [-0.4, -0.2) is 31.1 Å². The Morgan fingerprint density at radius 3 is 2.48 bits per heavy atom. The number of nitrogens with one attached hydrogen (secondary N) is 2. The maximum absolute atomic E-state index is 12.4. The second kappa shape index (κ2) is 8.89. The number of aromatic nitrogens is 2. The Morgan fingerprint density at radius 1 is 1.07 bits per heavy atom. The zero-order chi connectivity index (χ0) is 20.9. The third-order valence-electron chi connectivity index (χ3n) is 3.70. The molecule has 1 heterocycles. The standard InChI is InChI=1S/C19H17ClN4O4S/c1-2-28-15-5-3-4-13(12-15)19(25)21-14-6-8-16(9-7-14)29(26,27)24-18-11-10-17(20)22-23-18/h3-12H,2H2,1H3,(H,21,25)(H,23,24). The smallest absolute Gasteiger partial charge is 0.263 e. The van der Waals surface area contributed by atoms with Crippen molar-refractivity contribution in [1.29, 1.82) is 0 Å². The van der Waals surface area contributed by atoms with Crippen LogP contribution in [0.5, 0.6) is 5.75 Å². The van der Waals surface area contributed by atoms with Crippen molar-refractivity contribution in [3.63, 3.8) is 0 Å². The minimum Gasteiger partial charge on any atom is -0.494 e. The third-order valence-corrected chi connectivity index (χ3v) is 5.27. The molecule has 0 unspecified atom stereocenters. The van der Waals surface area contributed by atoms with Gasteiger partial charge < -0.3 is 10.1 Å². The van der Waals surface area contributed by atoms with E-state index in [2.05, 4.69) is 20.2 Å². The van der Waals surface area contributed by atoms with Gasteiger partial charge in [-0.1, -0.05) is 17.7 Å². The summed E-state index contributed by atoms with van der Waals surface area (Å²) in [5.74, 6) is 0.302. The van der Waals surface area contributed by atoms with Crippen LogP contribution in [0.2, 0.25) is 5.15 Å². The van der Waals surface area contributed by atoms with Gasteiger partial charge in [-0.15, -0.1) is 10.2 Å². The lowest BCUT2D eigenvalue weighted by Crippen LogP contribution is -2.15. The molecule has 0 bridgehead atoms. The van der Waals surface area contributed by atoms with Gasteiger partial charge in [-0.25, -0.2) is 8.42 Å². The summed E-state index contributed by atoms with van der Waals surface area (Å²) in [6.07, 6.45) is 0. The normalized spacial score (nSPS) is 11.0. The van der Waals surface area contributed by atoms with Gasteiger partial charge in [0.1, 0.15) is 5.75 Å². The zero-order valence-corrected chi connectivity index (χ0v) is 16.9. The summed E-state index contributed by atoms with van der Waals surface area (Å²) in [5, 5.41) is 10.1. The van der Waals surface area contributed by atoms with E-state index in [0.717, 1.165) is 0 Å². The van der Waals surface area contributed by atoms with Crippen LogP contribution in [0.25, 0.3) is 0 Å². The Labute approximate surface area is 172 Å². The number of hydrogen-bond acceptors (Lipinski definition) is 6. The van der Waals surface area contributed by atoms with E-state index in [4.69, 9.17) is 16.3 Å². The molecule has 0 fully saturated rings. The molecule has 0 radical (unpaired) electrons. The molecule has 8 nitrogen and oxygen atoms in total. The van der Waals surface area contributed by atoms with Crippen LogP contribution in [0.4, 0.5) is 11.5 Å². The number of hydrogen-bond donors (Lipinski definition) is 2. The Balaban J connectivity index is 1.70. The van der Waals surface area contributed by atoms with Crippen molar-refractivity contribution >= 4 is 39.0 Å². The van der Waals surface area contributed by atoms with Gasteiger partial charge in [0.15, 0.2) is 11.0 Å². The van der Waals surface area contributed by atoms with E-state index >= 15 is 0 Å². The quantitative estimate of drug-likeness (QED) is 0.590. The molecule has 0 aliphatic rings. The van der Waals surface area contributed by atoms with Crippen LogP contribution in [0, 0.1) is 0 Å². The molecule has 2 aromatic carbocycles. The number of carbonyl (C=O) groups is 1. The van der Waals surface area contributed by atoms with E-state index in [9.17, 15) is 13.2 Å². The van der Waals surface area contributed by atoms with E-state index < -0.39 is 10.0 Å². The number of halogens is 1. The number of anilines is 2. The molecular formula is C19H17ClN4O4S. The van der Waals surface area contributed by atoms with Crippen LogP contribution in [-0.2, 0) is 10.0 Å². The average molecular weight is 433 g/mol. The number of benzene rings is 2. The van der Waals surface area contributed by atoms with E-state index in [1.165, 1.54) is 36.4 Å². The second-order valence-corrected chi connectivity index (χ2v) is 7.86. The highest BCUT2D eigenvalue weighted by Gasteiger charge is 2.15. The Hall–Kier alpha value is -3.17. The number of sulfonamides is 1. The zero-order valence-electron chi connectivity index (χ0n) is 15.3. The molecule has 150 valence electrons. The Morgan fingerprint density at radius 2 is 1.83 bits per heavy atom. The molecule has 29 heavy (non-hydrogen) atoms. The first kappa shape index (κ1) is 20.6. The van der Waals surface area contributed by atoms with Crippen molar-refractivity contribution in [3.05, 3.63) is 71.4 Å². The van der Waals surface area contributed by atoms with Gasteiger partial charge in [0, 0.05) is 11.3 Å². The molecule has 0 saturated heterocycles. The van der Waals surface area contributed by atoms with Gasteiger partial charge >= 0.3 is 0 Å². The molecule has 0 saturated carbocycles. The fourth-order valence-electron chi connectivity index (χ4n) is 2.38. The van der Waals surface area contributed by atoms with Crippen molar-refractivity contribution in [2.45, 2.75) is 11.8 Å². The second-order valence-electron chi connectivity index (χ2n) is 5.79. The third kappa shape index (κ3) is 5.43. The van der Waals surface area contributed by atoms with Crippen LogP contribution in [0.1, 0.15) is 17.3 Å². The van der Waals surface area contributed by atoms with E-state index in [0.29, 0.717) is 23.6 Å². The predicted molar refractivity (Wildman–Crippen MR) is 110 cm³/mol. The maximum Gasteiger partial charge on any atom is 0.263 e. The summed E-state index contributed by atoms with van der Waals surface area (Å²) in [6, 6.07) is 15.3. The van der Waals surface area contributed by atoms with Crippen molar-refractivity contribution in [2.75, 3.05) is 16.6 Å². The molecule has 10 heteroatoms. The maximum atomic E-state index is 12.4. The van der Waals surface area contributed by atoms with Crippen molar-refractivity contribution in [2.24, 2.45) is 0 Å². The van der Waals surface area contributed by atoms with Gasteiger partial charge in [-0.05, 0) is 61.5 Å². The SMILES string of the molecule is CCOc1cccc(C(=O)Nc2ccc(S(=O)(=O)Nc3ccc(Cl)nn3)cc2)c1. The Bertz CT molecular complexity index is 1100. The van der Waals surface area contributed by atoms with Gasteiger partial charge in [0.25, 0.3) is 15.9 Å². The first-order chi connectivity index (χ1) is 13.9. The van der Waals surface area contributed by atoms with Crippen molar-refractivity contribution < 1.29 is 17.9 Å². The first-order valence-electron chi connectivity index (χ1n) is 8.54. The van der Waals surface area contributed by atoms with Crippen LogP contribution < -0.4 is 14.8 Å². The fraction of sp³-hybridized carbons (Fsp3) is 0.105. The lowest BCUT2D eigenvalue weighted by Gasteiger charge is -2.09. The predicted octanol–water partition coefficient (Wildman–Crippen LogP) is 3.58. The van der Waals surface area contributed by atoms with Crippen LogP contribution in [0.15, 0.2) is 65.6 Å². The van der Waals surface area contributed by atoms with Crippen molar-refractivity contribution in [1.82, 2.24) is 10.2 Å². The van der Waals surface area contributed by atoms with Gasteiger partial charge in [-0.3, -0.25) is 9.52 Å². The monoisotopic (exact) mass is 432 g/mol. The summed E-state index contributed by atoms with van der Waals surface area (Å²) in [5.41, 5.74) is 0.873. The summed E-state index contributed by atoms with van der Waals surface area (Å²) in [6.45, 7) is 2.35. The molecular weight excluding hydrogens is 416 g/mol. The largest absolute Gasteiger partial charge is 0.494 e. The summed E-state index contributed by atoms with van der Waals surface area (Å²) in [7, 11) is -3.86. The van der Waals surface area contributed by atoms with Crippen LogP contribution >= 0.6 is 11.6 Å². The van der Waals surface area contributed by atoms with Gasteiger partial charge in [0.2, 0.25) is 0 Å². The van der Waals surface area contributed by atoms with E-state index in [-0.39, 0.29) is 21.8 Å². The molecule has 1 amide bonds. The average Bonchev–Trinajstić information content (AvgIpc) is 2.70.